The normalized spacial score (nSPS) is 19.6. The molecular formula is C16H22BrFN2O3S. The van der Waals surface area contributed by atoms with Gasteiger partial charge in [-0.1, -0.05) is 15.9 Å². The molecule has 0 aliphatic carbocycles. The highest BCUT2D eigenvalue weighted by Crippen LogP contribution is 2.19. The van der Waals surface area contributed by atoms with Crippen LogP contribution in [0.3, 0.4) is 0 Å². The fourth-order valence-corrected chi connectivity index (χ4v) is 5.13. The lowest BCUT2D eigenvalue weighted by atomic mass is 10.2. The summed E-state index contributed by atoms with van der Waals surface area (Å²) in [7, 11) is -1.29. The largest absolute Gasteiger partial charge is 0.338 e. The number of rotatable bonds is 6. The highest BCUT2D eigenvalue weighted by molar-refractivity contribution is 9.10. The third-order valence-corrected chi connectivity index (χ3v) is 6.41. The van der Waals surface area contributed by atoms with Crippen LogP contribution in [0.2, 0.25) is 0 Å². The molecule has 1 aliphatic rings. The third kappa shape index (κ3) is 5.00. The molecule has 134 valence electrons. The van der Waals surface area contributed by atoms with E-state index in [0.717, 1.165) is 4.47 Å². The van der Waals surface area contributed by atoms with Crippen molar-refractivity contribution in [1.29, 1.82) is 0 Å². The van der Waals surface area contributed by atoms with Gasteiger partial charge in [0.1, 0.15) is 5.82 Å². The number of sulfone groups is 1. The number of halogens is 2. The van der Waals surface area contributed by atoms with Crippen molar-refractivity contribution >= 4 is 31.7 Å². The molecule has 1 fully saturated rings. The molecule has 0 radical (unpaired) electrons. The number of nitrogens with zero attached hydrogens (tertiary/aromatic N) is 2. The first-order valence-electron chi connectivity index (χ1n) is 7.84. The number of carbonyl (C=O) groups excluding carboxylic acids is 1. The van der Waals surface area contributed by atoms with Crippen LogP contribution in [0.5, 0.6) is 0 Å². The molecule has 8 heteroatoms. The predicted molar refractivity (Wildman–Crippen MR) is 94.9 cm³/mol. The van der Waals surface area contributed by atoms with Crippen LogP contribution in [-0.2, 0) is 21.2 Å². The Balaban J connectivity index is 1.98. The van der Waals surface area contributed by atoms with Gasteiger partial charge in [0.05, 0.1) is 18.1 Å². The van der Waals surface area contributed by atoms with Gasteiger partial charge >= 0.3 is 0 Å². The number of likely N-dealkylation sites (N-methyl/N-ethyl adjacent to an activating group) is 2. The zero-order valence-electron chi connectivity index (χ0n) is 13.8. The monoisotopic (exact) mass is 420 g/mol. The Morgan fingerprint density at radius 1 is 1.42 bits per heavy atom. The SMILES string of the molecule is CCN(C(=O)CN(C)Cc1cc(Br)ccc1F)C1CCS(=O)(=O)C1. The molecule has 1 unspecified atom stereocenters. The summed E-state index contributed by atoms with van der Waals surface area (Å²) in [5.74, 6) is -0.263. The topological polar surface area (TPSA) is 57.7 Å². The van der Waals surface area contributed by atoms with Gasteiger partial charge in [0.2, 0.25) is 5.91 Å². The van der Waals surface area contributed by atoms with Crippen LogP contribution >= 0.6 is 15.9 Å². The van der Waals surface area contributed by atoms with Crippen LogP contribution in [0.15, 0.2) is 22.7 Å². The molecular weight excluding hydrogens is 399 g/mol. The van der Waals surface area contributed by atoms with E-state index in [1.165, 1.54) is 6.07 Å². The molecule has 0 bridgehead atoms. The number of hydrogen-bond acceptors (Lipinski definition) is 4. The van der Waals surface area contributed by atoms with Crippen molar-refractivity contribution in [1.82, 2.24) is 9.80 Å². The maximum Gasteiger partial charge on any atom is 0.237 e. The van der Waals surface area contributed by atoms with E-state index in [4.69, 9.17) is 0 Å². The second-order valence-electron chi connectivity index (χ2n) is 6.14. The van der Waals surface area contributed by atoms with Crippen molar-refractivity contribution in [3.8, 4) is 0 Å². The molecule has 5 nitrogen and oxygen atoms in total. The minimum Gasteiger partial charge on any atom is -0.338 e. The number of benzene rings is 1. The molecule has 0 aromatic heterocycles. The number of carbonyl (C=O) groups is 1. The van der Waals surface area contributed by atoms with Crippen LogP contribution in [0, 0.1) is 5.82 Å². The lowest BCUT2D eigenvalue weighted by Gasteiger charge is -2.29. The van der Waals surface area contributed by atoms with E-state index < -0.39 is 9.84 Å². The molecule has 1 amide bonds. The van der Waals surface area contributed by atoms with E-state index in [9.17, 15) is 17.6 Å². The molecule has 1 aromatic carbocycles. The second kappa shape index (κ2) is 7.93. The first-order valence-corrected chi connectivity index (χ1v) is 10.5. The van der Waals surface area contributed by atoms with Gasteiger partial charge in [-0.3, -0.25) is 9.69 Å². The lowest BCUT2D eigenvalue weighted by molar-refractivity contribution is -0.133. The van der Waals surface area contributed by atoms with Crippen LogP contribution in [0.1, 0.15) is 18.9 Å². The van der Waals surface area contributed by atoms with Crippen molar-refractivity contribution < 1.29 is 17.6 Å². The summed E-state index contributed by atoms with van der Waals surface area (Å²) >= 11 is 3.31. The first-order chi connectivity index (χ1) is 11.2. The maximum atomic E-state index is 13.8. The van der Waals surface area contributed by atoms with Crippen molar-refractivity contribution in [3.63, 3.8) is 0 Å². The van der Waals surface area contributed by atoms with Crippen molar-refractivity contribution in [2.24, 2.45) is 0 Å². The highest BCUT2D eigenvalue weighted by atomic mass is 79.9. The molecule has 1 heterocycles. The van der Waals surface area contributed by atoms with E-state index in [2.05, 4.69) is 15.9 Å². The smallest absolute Gasteiger partial charge is 0.237 e. The Morgan fingerprint density at radius 2 is 2.12 bits per heavy atom. The molecule has 1 aromatic rings. The lowest BCUT2D eigenvalue weighted by Crippen LogP contribution is -2.45. The van der Waals surface area contributed by atoms with E-state index in [-0.39, 0.29) is 35.8 Å². The number of hydrogen-bond donors (Lipinski definition) is 0. The number of amides is 1. The Labute approximate surface area is 150 Å². The van der Waals surface area contributed by atoms with Gasteiger partial charge < -0.3 is 4.90 Å². The van der Waals surface area contributed by atoms with E-state index in [1.807, 2.05) is 6.92 Å². The minimum absolute atomic E-state index is 0.0382. The molecule has 0 spiro atoms. The molecule has 1 aliphatic heterocycles. The Morgan fingerprint density at radius 3 is 2.71 bits per heavy atom. The Kier molecular flexibility index (Phi) is 6.39. The maximum absolute atomic E-state index is 13.8. The Bertz CT molecular complexity index is 711. The zero-order chi connectivity index (χ0) is 17.9. The first kappa shape index (κ1) is 19.3. The molecule has 0 saturated carbocycles. The molecule has 1 saturated heterocycles. The fraction of sp³-hybridized carbons (Fsp3) is 0.562. The summed E-state index contributed by atoms with van der Waals surface area (Å²) in [4.78, 5) is 15.9. The van der Waals surface area contributed by atoms with Crippen LogP contribution < -0.4 is 0 Å². The molecule has 24 heavy (non-hydrogen) atoms. The average Bonchev–Trinajstić information content (AvgIpc) is 2.83. The van der Waals surface area contributed by atoms with Crippen molar-refractivity contribution in [2.45, 2.75) is 25.9 Å². The fourth-order valence-electron chi connectivity index (χ4n) is 2.99. The predicted octanol–water partition coefficient (Wildman–Crippen LogP) is 2.06. The average molecular weight is 421 g/mol. The van der Waals surface area contributed by atoms with Gasteiger partial charge in [-0.25, -0.2) is 12.8 Å². The van der Waals surface area contributed by atoms with Gasteiger partial charge in [-0.2, -0.15) is 0 Å². The van der Waals surface area contributed by atoms with Crippen LogP contribution in [0.4, 0.5) is 4.39 Å². The van der Waals surface area contributed by atoms with E-state index in [0.29, 0.717) is 25.1 Å². The standard InChI is InChI=1S/C16H22BrFN2O3S/c1-3-20(14-6-7-24(22,23)11-14)16(21)10-19(2)9-12-8-13(17)4-5-15(12)18/h4-5,8,14H,3,6-7,9-11H2,1-2H3. The van der Waals surface area contributed by atoms with Gasteiger partial charge in [0.25, 0.3) is 0 Å². The zero-order valence-corrected chi connectivity index (χ0v) is 16.2. The molecule has 2 rings (SSSR count). The summed E-state index contributed by atoms with van der Waals surface area (Å²) in [5, 5.41) is 0. The van der Waals surface area contributed by atoms with Gasteiger partial charge in [-0.15, -0.1) is 0 Å². The minimum atomic E-state index is -3.03. The summed E-state index contributed by atoms with van der Waals surface area (Å²) in [6, 6.07) is 4.46. The molecule has 0 N–H and O–H groups in total. The van der Waals surface area contributed by atoms with Crippen molar-refractivity contribution in [3.05, 3.63) is 34.1 Å². The summed E-state index contributed by atoms with van der Waals surface area (Å²) in [6.07, 6.45) is 0.492. The summed E-state index contributed by atoms with van der Waals surface area (Å²) < 4.78 is 37.8. The summed E-state index contributed by atoms with van der Waals surface area (Å²) in [5.41, 5.74) is 0.506. The Hall–Kier alpha value is -0.990. The summed E-state index contributed by atoms with van der Waals surface area (Å²) in [6.45, 7) is 2.74. The molecule has 1 atom stereocenters. The van der Waals surface area contributed by atoms with E-state index >= 15 is 0 Å². The van der Waals surface area contributed by atoms with Crippen LogP contribution in [0.25, 0.3) is 0 Å². The van der Waals surface area contributed by atoms with E-state index in [1.54, 1.807) is 29.0 Å². The van der Waals surface area contributed by atoms with Crippen molar-refractivity contribution in [2.75, 3.05) is 31.6 Å². The quantitative estimate of drug-likeness (QED) is 0.706. The highest BCUT2D eigenvalue weighted by Gasteiger charge is 2.34. The van der Waals surface area contributed by atoms with Gasteiger partial charge in [0.15, 0.2) is 9.84 Å². The van der Waals surface area contributed by atoms with Gasteiger partial charge in [0, 0.05) is 29.2 Å². The third-order valence-electron chi connectivity index (χ3n) is 4.16. The van der Waals surface area contributed by atoms with Gasteiger partial charge in [-0.05, 0) is 38.6 Å². The van der Waals surface area contributed by atoms with Crippen LogP contribution in [-0.4, -0.2) is 61.8 Å². The second-order valence-corrected chi connectivity index (χ2v) is 9.29.